The predicted molar refractivity (Wildman–Crippen MR) is 73.2 cm³/mol. The summed E-state index contributed by atoms with van der Waals surface area (Å²) in [6.45, 7) is 2.10. The largest absolute Gasteiger partial charge is 0.302 e. The number of nitrogens with one attached hydrogen (secondary N) is 1. The number of hydrogen-bond donors (Lipinski definition) is 1. The quantitative estimate of drug-likeness (QED) is 0.908. The molecule has 0 radical (unpaired) electrons. The topological polar surface area (TPSA) is 24.9 Å². The fourth-order valence-electron chi connectivity index (χ4n) is 2.80. The number of nitrogens with zero attached hydrogens (tertiary/aromatic N) is 1. The van der Waals surface area contributed by atoms with Crippen LogP contribution < -0.4 is 5.32 Å². The number of aromatic nitrogens is 1. The van der Waals surface area contributed by atoms with E-state index >= 15 is 0 Å². The third-order valence-corrected chi connectivity index (χ3v) is 3.80. The molecule has 19 heavy (non-hydrogen) atoms. The van der Waals surface area contributed by atoms with Crippen molar-refractivity contribution in [3.05, 3.63) is 65.2 Å². The Bertz CT molecular complexity index is 568. The lowest BCUT2D eigenvalue weighted by atomic mass is 10.1. The highest BCUT2D eigenvalue weighted by Gasteiger charge is 2.26. The second-order valence-electron chi connectivity index (χ2n) is 5.04. The number of pyridine rings is 1. The van der Waals surface area contributed by atoms with Gasteiger partial charge in [-0.2, -0.15) is 0 Å². The van der Waals surface area contributed by atoms with Crippen LogP contribution in [0.5, 0.6) is 0 Å². The summed E-state index contributed by atoms with van der Waals surface area (Å²) in [5.41, 5.74) is 2.99. The molecule has 2 atom stereocenters. The molecule has 0 saturated heterocycles. The lowest BCUT2D eigenvalue weighted by Gasteiger charge is -2.20. The number of halogens is 1. The Hall–Kier alpha value is -1.74. The maximum absolute atomic E-state index is 13.7. The van der Waals surface area contributed by atoms with Crippen LogP contribution in [-0.2, 0) is 6.42 Å². The standard InChI is InChI=1S/C16H17FN2/c1-11(15-7-2-3-10-18-15)19-16-9-8-12-13(16)5-4-6-14(12)17/h2-7,10-11,16,19H,8-9H2,1H3. The van der Waals surface area contributed by atoms with Crippen molar-refractivity contribution in [2.24, 2.45) is 0 Å². The zero-order valence-electron chi connectivity index (χ0n) is 10.9. The first-order valence-corrected chi connectivity index (χ1v) is 6.70. The van der Waals surface area contributed by atoms with Crippen LogP contribution in [0.4, 0.5) is 4.39 Å². The minimum Gasteiger partial charge on any atom is -0.302 e. The number of rotatable bonds is 3. The molecule has 2 unspecified atom stereocenters. The SMILES string of the molecule is CC(NC1CCc2c(F)cccc21)c1ccccn1. The van der Waals surface area contributed by atoms with Crippen molar-refractivity contribution in [1.82, 2.24) is 10.3 Å². The van der Waals surface area contributed by atoms with E-state index in [-0.39, 0.29) is 17.9 Å². The molecular formula is C16H17FN2. The highest BCUT2D eigenvalue weighted by Crippen LogP contribution is 2.34. The van der Waals surface area contributed by atoms with Crippen LogP contribution in [0, 0.1) is 5.82 Å². The van der Waals surface area contributed by atoms with Crippen LogP contribution in [0.1, 0.15) is 42.2 Å². The van der Waals surface area contributed by atoms with E-state index in [1.165, 1.54) is 0 Å². The summed E-state index contributed by atoms with van der Waals surface area (Å²) in [4.78, 5) is 4.36. The molecule has 0 fully saturated rings. The normalized spacial score (nSPS) is 19.2. The first-order valence-electron chi connectivity index (χ1n) is 6.70. The van der Waals surface area contributed by atoms with E-state index in [9.17, 15) is 4.39 Å². The maximum atomic E-state index is 13.7. The predicted octanol–water partition coefficient (Wildman–Crippen LogP) is 3.56. The molecule has 0 spiro atoms. The lowest BCUT2D eigenvalue weighted by molar-refractivity contribution is 0.458. The summed E-state index contributed by atoms with van der Waals surface area (Å²) in [6, 6.07) is 11.7. The third-order valence-electron chi connectivity index (χ3n) is 3.80. The Kier molecular flexibility index (Phi) is 3.30. The smallest absolute Gasteiger partial charge is 0.126 e. The maximum Gasteiger partial charge on any atom is 0.126 e. The molecule has 2 nitrogen and oxygen atoms in total. The van der Waals surface area contributed by atoms with Crippen molar-refractivity contribution in [1.29, 1.82) is 0 Å². The van der Waals surface area contributed by atoms with Crippen molar-refractivity contribution in [3.63, 3.8) is 0 Å². The van der Waals surface area contributed by atoms with Gasteiger partial charge in [0.25, 0.3) is 0 Å². The van der Waals surface area contributed by atoms with Crippen molar-refractivity contribution in [2.75, 3.05) is 0 Å². The van der Waals surface area contributed by atoms with Gasteiger partial charge in [-0.3, -0.25) is 4.98 Å². The minimum absolute atomic E-state index is 0.0766. The van der Waals surface area contributed by atoms with Crippen molar-refractivity contribution < 1.29 is 4.39 Å². The van der Waals surface area contributed by atoms with E-state index in [2.05, 4.69) is 17.2 Å². The Morgan fingerprint density at radius 2 is 2.16 bits per heavy atom. The molecule has 2 aromatic rings. The Morgan fingerprint density at radius 3 is 2.95 bits per heavy atom. The van der Waals surface area contributed by atoms with Gasteiger partial charge >= 0.3 is 0 Å². The molecule has 1 N–H and O–H groups in total. The van der Waals surface area contributed by atoms with Crippen molar-refractivity contribution >= 4 is 0 Å². The summed E-state index contributed by atoms with van der Waals surface area (Å²) < 4.78 is 13.7. The number of benzene rings is 1. The van der Waals surface area contributed by atoms with E-state index in [1.807, 2.05) is 24.3 Å². The molecule has 98 valence electrons. The zero-order valence-corrected chi connectivity index (χ0v) is 10.9. The highest BCUT2D eigenvalue weighted by atomic mass is 19.1. The Morgan fingerprint density at radius 1 is 1.26 bits per heavy atom. The van der Waals surface area contributed by atoms with Crippen LogP contribution in [0.2, 0.25) is 0 Å². The summed E-state index contributed by atoms with van der Waals surface area (Å²) in [7, 11) is 0. The summed E-state index contributed by atoms with van der Waals surface area (Å²) >= 11 is 0. The lowest BCUT2D eigenvalue weighted by Crippen LogP contribution is -2.23. The van der Waals surface area contributed by atoms with Crippen molar-refractivity contribution in [3.8, 4) is 0 Å². The second-order valence-corrected chi connectivity index (χ2v) is 5.04. The monoisotopic (exact) mass is 256 g/mol. The summed E-state index contributed by atoms with van der Waals surface area (Å²) in [5.74, 6) is -0.0766. The van der Waals surface area contributed by atoms with Crippen molar-refractivity contribution in [2.45, 2.75) is 31.8 Å². The highest BCUT2D eigenvalue weighted by molar-refractivity contribution is 5.35. The Labute approximate surface area is 112 Å². The fraction of sp³-hybridized carbons (Fsp3) is 0.312. The van der Waals surface area contributed by atoms with Gasteiger partial charge in [-0.05, 0) is 49.1 Å². The molecule has 1 aromatic heterocycles. The Balaban J connectivity index is 1.78. The first-order chi connectivity index (χ1) is 9.25. The van der Waals surface area contributed by atoms with Gasteiger partial charge in [0.1, 0.15) is 5.82 Å². The van der Waals surface area contributed by atoms with Gasteiger partial charge in [0, 0.05) is 18.3 Å². The third kappa shape index (κ3) is 2.38. The van der Waals surface area contributed by atoms with Gasteiger partial charge in [-0.25, -0.2) is 4.39 Å². The van der Waals surface area contributed by atoms with Crippen LogP contribution in [-0.4, -0.2) is 4.98 Å². The summed E-state index contributed by atoms with van der Waals surface area (Å²) in [5, 5.41) is 3.55. The molecule has 0 aliphatic heterocycles. The minimum atomic E-state index is -0.0766. The fourth-order valence-corrected chi connectivity index (χ4v) is 2.80. The van der Waals surface area contributed by atoms with E-state index in [4.69, 9.17) is 0 Å². The molecule has 0 saturated carbocycles. The molecule has 1 heterocycles. The number of hydrogen-bond acceptors (Lipinski definition) is 2. The van der Waals surface area contributed by atoms with Gasteiger partial charge in [-0.1, -0.05) is 18.2 Å². The van der Waals surface area contributed by atoms with E-state index in [1.54, 1.807) is 18.3 Å². The zero-order chi connectivity index (χ0) is 13.2. The van der Waals surface area contributed by atoms with Gasteiger partial charge in [-0.15, -0.1) is 0 Å². The molecule has 1 aromatic carbocycles. The average molecular weight is 256 g/mol. The van der Waals surface area contributed by atoms with E-state index in [0.717, 1.165) is 29.7 Å². The van der Waals surface area contributed by atoms with Gasteiger partial charge in [0.2, 0.25) is 0 Å². The van der Waals surface area contributed by atoms with Crippen LogP contribution in [0.25, 0.3) is 0 Å². The molecule has 1 aliphatic carbocycles. The number of fused-ring (bicyclic) bond motifs is 1. The van der Waals surface area contributed by atoms with Gasteiger partial charge in [0.15, 0.2) is 0 Å². The molecule has 3 rings (SSSR count). The molecule has 0 bridgehead atoms. The molecular weight excluding hydrogens is 239 g/mol. The average Bonchev–Trinajstić information content (AvgIpc) is 2.84. The van der Waals surface area contributed by atoms with Crippen LogP contribution in [0.15, 0.2) is 42.6 Å². The van der Waals surface area contributed by atoms with Crippen LogP contribution in [0.3, 0.4) is 0 Å². The molecule has 0 amide bonds. The summed E-state index contributed by atoms with van der Waals surface area (Å²) in [6.07, 6.45) is 3.57. The van der Waals surface area contributed by atoms with E-state index in [0.29, 0.717) is 0 Å². The molecule has 1 aliphatic rings. The second kappa shape index (κ2) is 5.10. The van der Waals surface area contributed by atoms with Crippen LogP contribution >= 0.6 is 0 Å². The van der Waals surface area contributed by atoms with Gasteiger partial charge in [0.05, 0.1) is 5.69 Å². The molecule has 3 heteroatoms. The first kappa shape index (κ1) is 12.3. The van der Waals surface area contributed by atoms with Gasteiger partial charge < -0.3 is 5.32 Å². The van der Waals surface area contributed by atoms with E-state index < -0.39 is 0 Å².